The Hall–Kier alpha value is -2.82. The molecule has 1 aromatic heterocycles. The molecular weight excluding hydrogens is 397 g/mol. The van der Waals surface area contributed by atoms with Crippen molar-refractivity contribution >= 4 is 40.1 Å². The molecule has 3 aromatic carbocycles. The van der Waals surface area contributed by atoms with Gasteiger partial charge in [-0.15, -0.1) is 11.6 Å². The third kappa shape index (κ3) is 4.03. The first-order valence-corrected chi connectivity index (χ1v) is 9.45. The van der Waals surface area contributed by atoms with Gasteiger partial charge in [-0.3, -0.25) is 0 Å². The lowest BCUT2D eigenvalue weighted by Crippen LogP contribution is -2.14. The van der Waals surface area contributed by atoms with Gasteiger partial charge >= 0.3 is 5.97 Å². The average molecular weight is 412 g/mol. The van der Waals surface area contributed by atoms with E-state index in [0.717, 1.165) is 16.6 Å². The standard InChI is InChI=1S/C22H15Cl2NO3/c23-16-8-6-14(7-9-16)12-19-18-11-10-17(13-20(18)28-25-19)27-22(26)21(24)15-4-2-1-3-5-15/h1-11,13,21H,12H2. The first-order chi connectivity index (χ1) is 13.6. The molecule has 4 aromatic rings. The minimum absolute atomic E-state index is 0.355. The SMILES string of the molecule is O=C(Oc1ccc2c(Cc3ccc(Cl)cc3)noc2c1)C(Cl)c1ccccc1. The maximum atomic E-state index is 12.3. The summed E-state index contributed by atoms with van der Waals surface area (Å²) in [7, 11) is 0. The lowest BCUT2D eigenvalue weighted by molar-refractivity contribution is -0.134. The number of esters is 1. The predicted octanol–water partition coefficient (Wildman–Crippen LogP) is 5.96. The van der Waals surface area contributed by atoms with Crippen molar-refractivity contribution in [1.29, 1.82) is 0 Å². The molecule has 0 saturated heterocycles. The van der Waals surface area contributed by atoms with Crippen LogP contribution in [0.4, 0.5) is 0 Å². The summed E-state index contributed by atoms with van der Waals surface area (Å²) in [5.41, 5.74) is 3.10. The van der Waals surface area contributed by atoms with Crippen molar-refractivity contribution in [2.75, 3.05) is 0 Å². The Bertz CT molecular complexity index is 1110. The molecule has 0 bridgehead atoms. The number of halogens is 2. The van der Waals surface area contributed by atoms with Crippen molar-refractivity contribution in [2.45, 2.75) is 11.8 Å². The zero-order chi connectivity index (χ0) is 19.5. The highest BCUT2D eigenvalue weighted by Gasteiger charge is 2.20. The number of aromatic nitrogens is 1. The fourth-order valence-electron chi connectivity index (χ4n) is 2.88. The molecular formula is C22H15Cl2NO3. The van der Waals surface area contributed by atoms with E-state index in [1.807, 2.05) is 48.5 Å². The zero-order valence-electron chi connectivity index (χ0n) is 14.6. The molecule has 28 heavy (non-hydrogen) atoms. The van der Waals surface area contributed by atoms with Gasteiger partial charge in [0.1, 0.15) is 5.75 Å². The van der Waals surface area contributed by atoms with Crippen LogP contribution >= 0.6 is 23.2 Å². The van der Waals surface area contributed by atoms with Crippen LogP contribution < -0.4 is 4.74 Å². The molecule has 6 heteroatoms. The van der Waals surface area contributed by atoms with Gasteiger partial charge in [0, 0.05) is 22.9 Å². The number of hydrogen-bond donors (Lipinski definition) is 0. The maximum absolute atomic E-state index is 12.3. The van der Waals surface area contributed by atoms with Gasteiger partial charge in [-0.05, 0) is 35.4 Å². The Morgan fingerprint density at radius 3 is 2.54 bits per heavy atom. The normalized spacial score (nSPS) is 12.1. The van der Waals surface area contributed by atoms with E-state index in [1.54, 1.807) is 24.3 Å². The topological polar surface area (TPSA) is 52.3 Å². The first-order valence-electron chi connectivity index (χ1n) is 8.63. The molecule has 0 amide bonds. The molecule has 0 fully saturated rings. The van der Waals surface area contributed by atoms with Crippen LogP contribution in [0.1, 0.15) is 22.2 Å². The van der Waals surface area contributed by atoms with Gasteiger partial charge in [0.2, 0.25) is 0 Å². The quantitative estimate of drug-likeness (QED) is 0.231. The van der Waals surface area contributed by atoms with E-state index in [-0.39, 0.29) is 0 Å². The van der Waals surface area contributed by atoms with Gasteiger partial charge in [-0.1, -0.05) is 59.2 Å². The van der Waals surface area contributed by atoms with E-state index < -0.39 is 11.3 Å². The van der Waals surface area contributed by atoms with Crippen LogP contribution in [-0.2, 0) is 11.2 Å². The third-order valence-corrected chi connectivity index (χ3v) is 5.00. The largest absolute Gasteiger partial charge is 0.425 e. The highest BCUT2D eigenvalue weighted by molar-refractivity contribution is 6.30. The fourth-order valence-corrected chi connectivity index (χ4v) is 3.20. The number of nitrogens with zero attached hydrogens (tertiary/aromatic N) is 1. The minimum atomic E-state index is -0.882. The second-order valence-electron chi connectivity index (χ2n) is 6.28. The molecule has 4 nitrogen and oxygen atoms in total. The van der Waals surface area contributed by atoms with Gasteiger partial charge < -0.3 is 9.26 Å². The van der Waals surface area contributed by atoms with E-state index in [4.69, 9.17) is 32.5 Å². The molecule has 1 atom stereocenters. The Balaban J connectivity index is 1.51. The lowest BCUT2D eigenvalue weighted by atomic mass is 10.1. The van der Waals surface area contributed by atoms with Crippen molar-refractivity contribution in [3.63, 3.8) is 0 Å². The summed E-state index contributed by atoms with van der Waals surface area (Å²) in [4.78, 5) is 12.3. The molecule has 4 rings (SSSR count). The number of benzene rings is 3. The van der Waals surface area contributed by atoms with Crippen LogP contribution in [0.25, 0.3) is 11.0 Å². The highest BCUT2D eigenvalue weighted by atomic mass is 35.5. The van der Waals surface area contributed by atoms with Gasteiger partial charge in [-0.2, -0.15) is 0 Å². The Kier molecular flexibility index (Phi) is 5.33. The first kappa shape index (κ1) is 18.5. The summed E-state index contributed by atoms with van der Waals surface area (Å²) in [5.74, 6) is -0.193. The number of ether oxygens (including phenoxy) is 1. The van der Waals surface area contributed by atoms with E-state index in [9.17, 15) is 4.79 Å². The van der Waals surface area contributed by atoms with Crippen LogP contribution in [0, 0.1) is 0 Å². The van der Waals surface area contributed by atoms with Crippen LogP contribution in [0.2, 0.25) is 5.02 Å². The van der Waals surface area contributed by atoms with Crippen molar-refractivity contribution in [1.82, 2.24) is 5.16 Å². The van der Waals surface area contributed by atoms with E-state index in [0.29, 0.717) is 28.3 Å². The molecule has 140 valence electrons. The molecule has 0 aliphatic rings. The Morgan fingerprint density at radius 1 is 1.04 bits per heavy atom. The fraction of sp³-hybridized carbons (Fsp3) is 0.0909. The number of carbonyl (C=O) groups is 1. The number of fused-ring (bicyclic) bond motifs is 1. The van der Waals surface area contributed by atoms with Crippen LogP contribution in [-0.4, -0.2) is 11.1 Å². The molecule has 0 aliphatic carbocycles. The molecule has 0 radical (unpaired) electrons. The van der Waals surface area contributed by atoms with Gasteiger partial charge in [0.25, 0.3) is 0 Å². The average Bonchev–Trinajstić information content (AvgIpc) is 3.11. The molecule has 0 N–H and O–H groups in total. The van der Waals surface area contributed by atoms with Crippen LogP contribution in [0.15, 0.2) is 77.3 Å². The van der Waals surface area contributed by atoms with Crippen molar-refractivity contribution in [3.05, 3.63) is 94.6 Å². The van der Waals surface area contributed by atoms with Crippen LogP contribution in [0.5, 0.6) is 5.75 Å². The zero-order valence-corrected chi connectivity index (χ0v) is 16.2. The maximum Gasteiger partial charge on any atom is 0.334 e. The summed E-state index contributed by atoms with van der Waals surface area (Å²) in [6.45, 7) is 0. The van der Waals surface area contributed by atoms with Gasteiger partial charge in [0.05, 0.1) is 5.69 Å². The highest BCUT2D eigenvalue weighted by Crippen LogP contribution is 2.28. The summed E-state index contributed by atoms with van der Waals surface area (Å²) < 4.78 is 10.8. The summed E-state index contributed by atoms with van der Waals surface area (Å²) >= 11 is 12.1. The van der Waals surface area contributed by atoms with Crippen molar-refractivity contribution in [3.8, 4) is 5.75 Å². The second-order valence-corrected chi connectivity index (χ2v) is 7.16. The minimum Gasteiger partial charge on any atom is -0.425 e. The smallest absolute Gasteiger partial charge is 0.334 e. The monoisotopic (exact) mass is 411 g/mol. The number of carbonyl (C=O) groups excluding carboxylic acids is 1. The second kappa shape index (κ2) is 8.05. The van der Waals surface area contributed by atoms with Crippen molar-refractivity contribution in [2.24, 2.45) is 0 Å². The lowest BCUT2D eigenvalue weighted by Gasteiger charge is -2.09. The summed E-state index contributed by atoms with van der Waals surface area (Å²) in [5, 5.41) is 4.81. The molecule has 1 unspecified atom stereocenters. The van der Waals surface area contributed by atoms with Gasteiger partial charge in [-0.25, -0.2) is 4.79 Å². The van der Waals surface area contributed by atoms with Gasteiger partial charge in [0.15, 0.2) is 11.0 Å². The predicted molar refractivity (Wildman–Crippen MR) is 109 cm³/mol. The molecule has 1 heterocycles. The molecule has 0 saturated carbocycles. The van der Waals surface area contributed by atoms with Crippen molar-refractivity contribution < 1.29 is 14.1 Å². The molecule has 0 aliphatic heterocycles. The number of rotatable bonds is 5. The van der Waals surface area contributed by atoms with Crippen LogP contribution in [0.3, 0.4) is 0 Å². The number of hydrogen-bond acceptors (Lipinski definition) is 4. The summed E-state index contributed by atoms with van der Waals surface area (Å²) in [6.07, 6.45) is 0.612. The van der Waals surface area contributed by atoms with E-state index >= 15 is 0 Å². The number of alkyl halides is 1. The Morgan fingerprint density at radius 2 is 1.79 bits per heavy atom. The van der Waals surface area contributed by atoms with E-state index in [2.05, 4.69) is 5.16 Å². The molecule has 0 spiro atoms. The van der Waals surface area contributed by atoms with E-state index in [1.165, 1.54) is 0 Å². The summed E-state index contributed by atoms with van der Waals surface area (Å²) in [6, 6.07) is 21.8. The third-order valence-electron chi connectivity index (χ3n) is 4.32. The Labute approximate surface area is 171 Å².